The fourth-order valence-corrected chi connectivity index (χ4v) is 2.57. The van der Waals surface area contributed by atoms with E-state index in [2.05, 4.69) is 45.1 Å². The second kappa shape index (κ2) is 6.89. The van der Waals surface area contributed by atoms with E-state index >= 15 is 0 Å². The number of carbonyl (C=O) groups excluding carboxylic acids is 1. The van der Waals surface area contributed by atoms with Crippen LogP contribution in [0, 0.1) is 19.8 Å². The molecular formula is C17H28N2O. The summed E-state index contributed by atoms with van der Waals surface area (Å²) in [5, 5.41) is 3.09. The van der Waals surface area contributed by atoms with Crippen molar-refractivity contribution in [1.29, 1.82) is 0 Å². The molecule has 1 aromatic rings. The standard InChI is InChI=1S/C17H28N2O/c1-12(2)10-17(5,11-18)19-16(20)9-15-7-6-13(3)14(4)8-15/h6-8,12H,9-11,18H2,1-5H3,(H,19,20). The van der Waals surface area contributed by atoms with E-state index in [1.165, 1.54) is 11.1 Å². The van der Waals surface area contributed by atoms with Gasteiger partial charge >= 0.3 is 0 Å². The minimum Gasteiger partial charge on any atom is -0.349 e. The Morgan fingerprint density at radius 3 is 2.45 bits per heavy atom. The van der Waals surface area contributed by atoms with E-state index in [4.69, 9.17) is 5.73 Å². The van der Waals surface area contributed by atoms with Crippen molar-refractivity contribution in [3.63, 3.8) is 0 Å². The smallest absolute Gasteiger partial charge is 0.224 e. The monoisotopic (exact) mass is 276 g/mol. The Labute approximate surface area is 122 Å². The lowest BCUT2D eigenvalue weighted by Gasteiger charge is -2.31. The zero-order valence-corrected chi connectivity index (χ0v) is 13.4. The number of nitrogens with one attached hydrogen (secondary N) is 1. The number of hydrogen-bond acceptors (Lipinski definition) is 2. The van der Waals surface area contributed by atoms with Crippen LogP contribution < -0.4 is 11.1 Å². The predicted octanol–water partition coefficient (Wildman–Crippen LogP) is 2.73. The molecule has 1 atom stereocenters. The van der Waals surface area contributed by atoms with Crippen LogP contribution in [-0.4, -0.2) is 18.0 Å². The van der Waals surface area contributed by atoms with E-state index in [1.54, 1.807) is 0 Å². The van der Waals surface area contributed by atoms with Gasteiger partial charge in [0.15, 0.2) is 0 Å². The molecule has 0 aliphatic heterocycles. The van der Waals surface area contributed by atoms with E-state index in [9.17, 15) is 4.79 Å². The van der Waals surface area contributed by atoms with E-state index < -0.39 is 0 Å². The fourth-order valence-electron chi connectivity index (χ4n) is 2.57. The Bertz CT molecular complexity index is 468. The maximum Gasteiger partial charge on any atom is 0.224 e. The zero-order valence-electron chi connectivity index (χ0n) is 13.4. The molecule has 0 aromatic heterocycles. The fraction of sp³-hybridized carbons (Fsp3) is 0.588. The number of nitrogens with two attached hydrogens (primary N) is 1. The van der Waals surface area contributed by atoms with Crippen LogP contribution in [0.15, 0.2) is 18.2 Å². The lowest BCUT2D eigenvalue weighted by atomic mass is 9.90. The van der Waals surface area contributed by atoms with Gasteiger partial charge in [-0.15, -0.1) is 0 Å². The number of carbonyl (C=O) groups is 1. The molecule has 0 aliphatic rings. The number of aryl methyl sites for hydroxylation is 2. The molecule has 0 bridgehead atoms. The summed E-state index contributed by atoms with van der Waals surface area (Å²) in [4.78, 5) is 12.2. The summed E-state index contributed by atoms with van der Waals surface area (Å²) >= 11 is 0. The Hall–Kier alpha value is -1.35. The molecule has 20 heavy (non-hydrogen) atoms. The molecule has 1 aromatic carbocycles. The van der Waals surface area contributed by atoms with Gasteiger partial charge in [0.25, 0.3) is 0 Å². The lowest BCUT2D eigenvalue weighted by Crippen LogP contribution is -2.52. The van der Waals surface area contributed by atoms with Crippen LogP contribution in [0.25, 0.3) is 0 Å². The van der Waals surface area contributed by atoms with Crippen molar-refractivity contribution in [3.8, 4) is 0 Å². The molecular weight excluding hydrogens is 248 g/mol. The predicted molar refractivity (Wildman–Crippen MR) is 84.7 cm³/mol. The highest BCUT2D eigenvalue weighted by molar-refractivity contribution is 5.79. The molecule has 0 spiro atoms. The molecule has 0 saturated heterocycles. The topological polar surface area (TPSA) is 55.1 Å². The van der Waals surface area contributed by atoms with Gasteiger partial charge in [0.2, 0.25) is 5.91 Å². The summed E-state index contributed by atoms with van der Waals surface area (Å²) in [7, 11) is 0. The number of rotatable bonds is 6. The molecule has 3 heteroatoms. The number of hydrogen-bond donors (Lipinski definition) is 2. The van der Waals surface area contributed by atoms with Crippen molar-refractivity contribution in [2.24, 2.45) is 11.7 Å². The Morgan fingerprint density at radius 1 is 1.30 bits per heavy atom. The number of benzene rings is 1. The Kier molecular flexibility index (Phi) is 5.75. The average Bonchev–Trinajstić information content (AvgIpc) is 2.32. The summed E-state index contributed by atoms with van der Waals surface area (Å²) in [5.41, 5.74) is 9.03. The lowest BCUT2D eigenvalue weighted by molar-refractivity contribution is -0.122. The van der Waals surface area contributed by atoms with Crippen LogP contribution >= 0.6 is 0 Å². The van der Waals surface area contributed by atoms with Gasteiger partial charge in [-0.1, -0.05) is 32.0 Å². The van der Waals surface area contributed by atoms with Gasteiger partial charge in [-0.3, -0.25) is 4.79 Å². The summed E-state index contributed by atoms with van der Waals surface area (Å²) in [6, 6.07) is 6.16. The van der Waals surface area contributed by atoms with Crippen LogP contribution in [0.3, 0.4) is 0 Å². The van der Waals surface area contributed by atoms with Crippen molar-refractivity contribution in [2.45, 2.75) is 53.0 Å². The maximum absolute atomic E-state index is 12.2. The van der Waals surface area contributed by atoms with Crippen LogP contribution in [0.5, 0.6) is 0 Å². The van der Waals surface area contributed by atoms with E-state index in [-0.39, 0.29) is 11.4 Å². The van der Waals surface area contributed by atoms with E-state index in [0.717, 1.165) is 12.0 Å². The summed E-state index contributed by atoms with van der Waals surface area (Å²) in [5.74, 6) is 0.548. The van der Waals surface area contributed by atoms with Crippen LogP contribution in [0.2, 0.25) is 0 Å². The summed E-state index contributed by atoms with van der Waals surface area (Å²) in [6.07, 6.45) is 1.30. The molecule has 1 unspecified atom stereocenters. The van der Waals surface area contributed by atoms with Gasteiger partial charge in [0, 0.05) is 12.1 Å². The average molecular weight is 276 g/mol. The molecule has 0 fully saturated rings. The molecule has 1 rings (SSSR count). The minimum absolute atomic E-state index is 0.0434. The van der Waals surface area contributed by atoms with Crippen molar-refractivity contribution in [2.75, 3.05) is 6.54 Å². The first-order valence-electron chi connectivity index (χ1n) is 7.33. The highest BCUT2D eigenvalue weighted by atomic mass is 16.1. The summed E-state index contributed by atoms with van der Waals surface area (Å²) < 4.78 is 0. The molecule has 112 valence electrons. The largest absolute Gasteiger partial charge is 0.349 e. The van der Waals surface area contributed by atoms with E-state index in [1.807, 2.05) is 13.0 Å². The zero-order chi connectivity index (χ0) is 15.3. The quantitative estimate of drug-likeness (QED) is 0.839. The molecule has 0 radical (unpaired) electrons. The van der Waals surface area contributed by atoms with Crippen LogP contribution in [0.1, 0.15) is 43.9 Å². The summed E-state index contributed by atoms with van der Waals surface area (Å²) in [6.45, 7) is 10.9. The first-order chi connectivity index (χ1) is 9.25. The Balaban J connectivity index is 2.68. The molecule has 0 heterocycles. The maximum atomic E-state index is 12.2. The highest BCUT2D eigenvalue weighted by Crippen LogP contribution is 2.16. The van der Waals surface area contributed by atoms with Gasteiger partial charge in [0.05, 0.1) is 6.42 Å². The van der Waals surface area contributed by atoms with E-state index in [0.29, 0.717) is 18.9 Å². The van der Waals surface area contributed by atoms with Crippen molar-refractivity contribution >= 4 is 5.91 Å². The SMILES string of the molecule is Cc1ccc(CC(=O)NC(C)(CN)CC(C)C)cc1C. The molecule has 0 aliphatic carbocycles. The third-order valence-corrected chi connectivity index (χ3v) is 3.69. The number of amides is 1. The van der Waals surface area contributed by atoms with Crippen molar-refractivity contribution in [1.82, 2.24) is 5.32 Å². The third kappa shape index (κ3) is 4.97. The van der Waals surface area contributed by atoms with Crippen molar-refractivity contribution in [3.05, 3.63) is 34.9 Å². The van der Waals surface area contributed by atoms with Gasteiger partial charge in [0.1, 0.15) is 0 Å². The van der Waals surface area contributed by atoms with Crippen LogP contribution in [-0.2, 0) is 11.2 Å². The normalized spacial score (nSPS) is 14.2. The molecule has 0 saturated carbocycles. The molecule has 1 amide bonds. The van der Waals surface area contributed by atoms with Gasteiger partial charge in [-0.25, -0.2) is 0 Å². The van der Waals surface area contributed by atoms with Gasteiger partial charge in [-0.2, -0.15) is 0 Å². The highest BCUT2D eigenvalue weighted by Gasteiger charge is 2.25. The first-order valence-corrected chi connectivity index (χ1v) is 7.33. The van der Waals surface area contributed by atoms with Gasteiger partial charge < -0.3 is 11.1 Å². The van der Waals surface area contributed by atoms with Crippen LogP contribution in [0.4, 0.5) is 0 Å². The van der Waals surface area contributed by atoms with Gasteiger partial charge in [-0.05, 0) is 49.8 Å². The molecule has 3 N–H and O–H groups in total. The first kappa shape index (κ1) is 16.7. The molecule has 3 nitrogen and oxygen atoms in total. The Morgan fingerprint density at radius 2 is 1.95 bits per heavy atom. The second-order valence-electron chi connectivity index (χ2n) is 6.51. The third-order valence-electron chi connectivity index (χ3n) is 3.69. The minimum atomic E-state index is -0.314. The second-order valence-corrected chi connectivity index (χ2v) is 6.51. The van der Waals surface area contributed by atoms with Crippen molar-refractivity contribution < 1.29 is 4.79 Å².